The van der Waals surface area contributed by atoms with Crippen LogP contribution in [0.3, 0.4) is 0 Å². The Morgan fingerprint density at radius 3 is 2.77 bits per heavy atom. The lowest BCUT2D eigenvalue weighted by atomic mass is 9.86. The zero-order valence-electron chi connectivity index (χ0n) is 7.78. The second-order valence-electron chi connectivity index (χ2n) is 4.41. The van der Waals surface area contributed by atoms with Crippen molar-refractivity contribution in [2.45, 2.75) is 32.1 Å². The number of carboxylic acids is 1. The highest BCUT2D eigenvalue weighted by Gasteiger charge is 2.38. The van der Waals surface area contributed by atoms with Crippen LogP contribution in [0.2, 0.25) is 0 Å². The third kappa shape index (κ3) is 1.93. The van der Waals surface area contributed by atoms with Gasteiger partial charge in [0, 0.05) is 6.08 Å². The van der Waals surface area contributed by atoms with Crippen molar-refractivity contribution in [3.8, 4) is 0 Å². The molecule has 0 aromatic heterocycles. The van der Waals surface area contributed by atoms with Gasteiger partial charge in [-0.1, -0.05) is 12.5 Å². The van der Waals surface area contributed by atoms with Gasteiger partial charge in [0.05, 0.1) is 0 Å². The molecule has 2 saturated carbocycles. The van der Waals surface area contributed by atoms with Gasteiger partial charge in [-0.3, -0.25) is 0 Å². The number of aliphatic carboxylic acids is 1. The molecule has 2 heteroatoms. The van der Waals surface area contributed by atoms with Gasteiger partial charge in [0.15, 0.2) is 0 Å². The SMILES string of the molecule is O=C(O)/C=C/CC1CC2CCC1C2. The third-order valence-corrected chi connectivity index (χ3v) is 3.58. The molecule has 3 atom stereocenters. The molecule has 72 valence electrons. The largest absolute Gasteiger partial charge is 0.478 e. The van der Waals surface area contributed by atoms with E-state index in [9.17, 15) is 4.79 Å². The second kappa shape index (κ2) is 3.52. The van der Waals surface area contributed by atoms with E-state index in [0.717, 1.165) is 24.2 Å². The maximum atomic E-state index is 10.2. The van der Waals surface area contributed by atoms with Crippen LogP contribution in [-0.2, 0) is 4.79 Å². The topological polar surface area (TPSA) is 37.3 Å². The van der Waals surface area contributed by atoms with E-state index >= 15 is 0 Å². The van der Waals surface area contributed by atoms with Crippen molar-refractivity contribution >= 4 is 5.97 Å². The molecule has 3 unspecified atom stereocenters. The van der Waals surface area contributed by atoms with Crippen LogP contribution in [0.1, 0.15) is 32.1 Å². The Kier molecular flexibility index (Phi) is 2.38. The minimum Gasteiger partial charge on any atom is -0.478 e. The quantitative estimate of drug-likeness (QED) is 0.677. The third-order valence-electron chi connectivity index (χ3n) is 3.58. The van der Waals surface area contributed by atoms with E-state index < -0.39 is 5.97 Å². The lowest BCUT2D eigenvalue weighted by Crippen LogP contribution is -2.09. The Morgan fingerprint density at radius 2 is 2.23 bits per heavy atom. The van der Waals surface area contributed by atoms with E-state index in [1.54, 1.807) is 0 Å². The Labute approximate surface area is 78.6 Å². The van der Waals surface area contributed by atoms with Crippen molar-refractivity contribution in [3.63, 3.8) is 0 Å². The molecule has 2 bridgehead atoms. The van der Waals surface area contributed by atoms with Gasteiger partial charge in [-0.25, -0.2) is 4.79 Å². The molecular weight excluding hydrogens is 164 g/mol. The molecular formula is C11H16O2. The molecule has 0 amide bonds. The number of fused-ring (bicyclic) bond motifs is 2. The van der Waals surface area contributed by atoms with Crippen molar-refractivity contribution in [1.82, 2.24) is 0 Å². The maximum absolute atomic E-state index is 10.2. The van der Waals surface area contributed by atoms with Gasteiger partial charge >= 0.3 is 5.97 Å². The Hall–Kier alpha value is -0.790. The molecule has 2 rings (SSSR count). The molecule has 13 heavy (non-hydrogen) atoms. The maximum Gasteiger partial charge on any atom is 0.327 e. The van der Waals surface area contributed by atoms with Gasteiger partial charge < -0.3 is 5.11 Å². The van der Waals surface area contributed by atoms with Gasteiger partial charge in [0.1, 0.15) is 0 Å². The summed E-state index contributed by atoms with van der Waals surface area (Å²) in [5.74, 6) is 1.84. The predicted molar refractivity (Wildman–Crippen MR) is 50.3 cm³/mol. The van der Waals surface area contributed by atoms with Crippen LogP contribution in [-0.4, -0.2) is 11.1 Å². The van der Waals surface area contributed by atoms with Crippen molar-refractivity contribution in [2.24, 2.45) is 17.8 Å². The minimum atomic E-state index is -0.817. The summed E-state index contributed by atoms with van der Waals surface area (Å²) in [5.41, 5.74) is 0. The van der Waals surface area contributed by atoms with Crippen LogP contribution < -0.4 is 0 Å². The average Bonchev–Trinajstić information content (AvgIpc) is 2.64. The van der Waals surface area contributed by atoms with Crippen LogP contribution in [0.5, 0.6) is 0 Å². The van der Waals surface area contributed by atoms with Gasteiger partial charge in [-0.15, -0.1) is 0 Å². The Balaban J connectivity index is 1.80. The van der Waals surface area contributed by atoms with Crippen molar-refractivity contribution < 1.29 is 9.90 Å². The normalized spacial score (nSPS) is 37.4. The summed E-state index contributed by atoms with van der Waals surface area (Å²) in [4.78, 5) is 10.2. The number of allylic oxidation sites excluding steroid dienone is 1. The fourth-order valence-corrected chi connectivity index (χ4v) is 3.01. The molecule has 0 aromatic carbocycles. The highest BCUT2D eigenvalue weighted by molar-refractivity contribution is 5.79. The number of carbonyl (C=O) groups is 1. The molecule has 2 aliphatic rings. The smallest absolute Gasteiger partial charge is 0.327 e. The van der Waals surface area contributed by atoms with E-state index in [0.29, 0.717) is 0 Å². The molecule has 0 aliphatic heterocycles. The highest BCUT2D eigenvalue weighted by atomic mass is 16.4. The van der Waals surface area contributed by atoms with Gasteiger partial charge in [0.2, 0.25) is 0 Å². The van der Waals surface area contributed by atoms with Crippen molar-refractivity contribution in [3.05, 3.63) is 12.2 Å². The predicted octanol–water partition coefficient (Wildman–Crippen LogP) is 2.45. The van der Waals surface area contributed by atoms with Crippen LogP contribution in [0.25, 0.3) is 0 Å². The number of carboxylic acid groups (broad SMARTS) is 1. The van der Waals surface area contributed by atoms with E-state index in [2.05, 4.69) is 0 Å². The molecule has 2 nitrogen and oxygen atoms in total. The van der Waals surface area contributed by atoms with Crippen molar-refractivity contribution in [2.75, 3.05) is 0 Å². The lowest BCUT2D eigenvalue weighted by Gasteiger charge is -2.19. The summed E-state index contributed by atoms with van der Waals surface area (Å²) >= 11 is 0. The van der Waals surface area contributed by atoms with Gasteiger partial charge in [-0.2, -0.15) is 0 Å². The average molecular weight is 180 g/mol. The lowest BCUT2D eigenvalue weighted by molar-refractivity contribution is -0.131. The molecule has 1 N–H and O–H groups in total. The number of hydrogen-bond donors (Lipinski definition) is 1. The molecule has 2 aliphatic carbocycles. The summed E-state index contributed by atoms with van der Waals surface area (Å²) in [7, 11) is 0. The first kappa shape index (κ1) is 8.79. The first-order valence-corrected chi connectivity index (χ1v) is 5.15. The van der Waals surface area contributed by atoms with Crippen LogP contribution in [0, 0.1) is 17.8 Å². The monoisotopic (exact) mass is 180 g/mol. The first-order chi connectivity index (χ1) is 6.25. The van der Waals surface area contributed by atoms with E-state index in [-0.39, 0.29) is 0 Å². The van der Waals surface area contributed by atoms with Crippen molar-refractivity contribution in [1.29, 1.82) is 0 Å². The minimum absolute atomic E-state index is 0.786. The van der Waals surface area contributed by atoms with E-state index in [1.807, 2.05) is 6.08 Å². The van der Waals surface area contributed by atoms with Gasteiger partial charge in [-0.05, 0) is 43.4 Å². The second-order valence-corrected chi connectivity index (χ2v) is 4.41. The zero-order valence-corrected chi connectivity index (χ0v) is 7.78. The van der Waals surface area contributed by atoms with Gasteiger partial charge in [0.25, 0.3) is 0 Å². The standard InChI is InChI=1S/C11H16O2/c12-11(13)3-1-2-9-6-8-4-5-10(9)7-8/h1,3,8-10H,2,4-7H2,(H,12,13)/b3-1+. The van der Waals surface area contributed by atoms with Crippen LogP contribution >= 0.6 is 0 Å². The Morgan fingerprint density at radius 1 is 1.38 bits per heavy atom. The van der Waals surface area contributed by atoms with Crippen LogP contribution in [0.4, 0.5) is 0 Å². The van der Waals surface area contributed by atoms with E-state index in [4.69, 9.17) is 5.11 Å². The summed E-state index contributed by atoms with van der Waals surface area (Å²) in [6, 6.07) is 0. The Bertz CT molecular complexity index is 232. The number of hydrogen-bond acceptors (Lipinski definition) is 1. The molecule has 0 aromatic rings. The highest BCUT2D eigenvalue weighted by Crippen LogP contribution is 2.49. The summed E-state index contributed by atoms with van der Waals surface area (Å²) < 4.78 is 0. The molecule has 0 spiro atoms. The molecule has 2 fully saturated rings. The first-order valence-electron chi connectivity index (χ1n) is 5.15. The van der Waals surface area contributed by atoms with E-state index in [1.165, 1.54) is 31.8 Å². The molecule has 0 heterocycles. The summed E-state index contributed by atoms with van der Waals surface area (Å²) in [6.07, 6.45) is 9.65. The summed E-state index contributed by atoms with van der Waals surface area (Å²) in [6.45, 7) is 0. The van der Waals surface area contributed by atoms with Crippen LogP contribution in [0.15, 0.2) is 12.2 Å². The fourth-order valence-electron chi connectivity index (χ4n) is 3.01. The molecule has 0 radical (unpaired) electrons. The summed E-state index contributed by atoms with van der Waals surface area (Å²) in [5, 5.41) is 8.43. The fraction of sp³-hybridized carbons (Fsp3) is 0.727. The molecule has 0 saturated heterocycles. The zero-order chi connectivity index (χ0) is 9.26. The number of rotatable bonds is 3.